The van der Waals surface area contributed by atoms with Gasteiger partial charge < -0.3 is 10.0 Å². The van der Waals surface area contributed by atoms with Gasteiger partial charge in [-0.15, -0.1) is 0 Å². The number of nitrogens with zero attached hydrogens (tertiary/aromatic N) is 1. The molecule has 1 aliphatic heterocycles. The van der Waals surface area contributed by atoms with E-state index in [4.69, 9.17) is 0 Å². The van der Waals surface area contributed by atoms with E-state index < -0.39 is 0 Å². The average molecular weight is 239 g/mol. The van der Waals surface area contributed by atoms with Crippen LogP contribution >= 0.6 is 0 Å². The summed E-state index contributed by atoms with van der Waals surface area (Å²) in [7, 11) is 0. The highest BCUT2D eigenvalue weighted by molar-refractivity contribution is 5.76. The molecule has 1 saturated heterocycles. The van der Waals surface area contributed by atoms with Crippen molar-refractivity contribution in [1.29, 1.82) is 0 Å². The lowest BCUT2D eigenvalue weighted by molar-refractivity contribution is -0.133. The van der Waals surface area contributed by atoms with Gasteiger partial charge in [-0.3, -0.25) is 4.79 Å². The zero-order valence-electron chi connectivity index (χ0n) is 10.7. The Hall–Kier alpha value is -0.570. The lowest BCUT2D eigenvalue weighted by Crippen LogP contribution is -2.37. The molecule has 3 heteroatoms. The normalized spacial score (nSPS) is 26.4. The number of carbonyl (C=O) groups excluding carboxylic acids is 1. The van der Waals surface area contributed by atoms with Crippen LogP contribution in [0.3, 0.4) is 0 Å². The maximum absolute atomic E-state index is 12.1. The summed E-state index contributed by atoms with van der Waals surface area (Å²) in [4.78, 5) is 14.0. The molecular formula is C14H25NO2. The summed E-state index contributed by atoms with van der Waals surface area (Å²) in [6.45, 7) is 0.990. The Morgan fingerprint density at radius 3 is 2.59 bits per heavy atom. The Morgan fingerprint density at radius 2 is 1.88 bits per heavy atom. The van der Waals surface area contributed by atoms with Crippen molar-refractivity contribution < 1.29 is 9.90 Å². The maximum atomic E-state index is 12.1. The van der Waals surface area contributed by atoms with Crippen molar-refractivity contribution in [2.75, 3.05) is 13.2 Å². The lowest BCUT2D eigenvalue weighted by Gasteiger charge is -2.25. The van der Waals surface area contributed by atoms with Gasteiger partial charge in [-0.05, 0) is 25.2 Å². The van der Waals surface area contributed by atoms with Gasteiger partial charge in [0.15, 0.2) is 0 Å². The van der Waals surface area contributed by atoms with Crippen molar-refractivity contribution in [3.63, 3.8) is 0 Å². The first-order valence-corrected chi connectivity index (χ1v) is 7.21. The fourth-order valence-electron chi connectivity index (χ4n) is 3.30. The molecule has 0 spiro atoms. The Bertz CT molecular complexity index is 249. The van der Waals surface area contributed by atoms with Gasteiger partial charge in [0, 0.05) is 13.0 Å². The summed E-state index contributed by atoms with van der Waals surface area (Å²) in [5.41, 5.74) is 0. The van der Waals surface area contributed by atoms with Crippen molar-refractivity contribution >= 4 is 5.91 Å². The van der Waals surface area contributed by atoms with Crippen molar-refractivity contribution in [3.05, 3.63) is 0 Å². The number of amides is 1. The molecule has 0 aromatic rings. The van der Waals surface area contributed by atoms with Crippen molar-refractivity contribution in [2.24, 2.45) is 5.92 Å². The first-order valence-electron chi connectivity index (χ1n) is 7.21. The highest BCUT2D eigenvalue weighted by atomic mass is 16.3. The van der Waals surface area contributed by atoms with Crippen LogP contribution in [0.4, 0.5) is 0 Å². The van der Waals surface area contributed by atoms with Crippen molar-refractivity contribution in [2.45, 2.75) is 63.8 Å². The molecule has 0 bridgehead atoms. The lowest BCUT2D eigenvalue weighted by atomic mass is 9.86. The minimum absolute atomic E-state index is 0.105. The van der Waals surface area contributed by atoms with E-state index in [0.29, 0.717) is 6.42 Å². The third-order valence-corrected chi connectivity index (χ3v) is 4.40. The molecule has 1 heterocycles. The molecule has 2 rings (SSSR count). The minimum atomic E-state index is 0.105. The van der Waals surface area contributed by atoms with E-state index in [0.717, 1.165) is 31.7 Å². The second-order valence-corrected chi connectivity index (χ2v) is 5.61. The van der Waals surface area contributed by atoms with Crippen LogP contribution in [0, 0.1) is 5.92 Å². The molecular weight excluding hydrogens is 214 g/mol. The third-order valence-electron chi connectivity index (χ3n) is 4.40. The number of hydrogen-bond acceptors (Lipinski definition) is 2. The molecule has 98 valence electrons. The zero-order valence-corrected chi connectivity index (χ0v) is 10.7. The van der Waals surface area contributed by atoms with E-state index >= 15 is 0 Å². The topological polar surface area (TPSA) is 40.5 Å². The van der Waals surface area contributed by atoms with Crippen LogP contribution in [-0.4, -0.2) is 35.1 Å². The molecule has 17 heavy (non-hydrogen) atoms. The fraction of sp³-hybridized carbons (Fsp3) is 0.929. The Balaban J connectivity index is 1.72. The molecule has 1 N–H and O–H groups in total. The Kier molecular flexibility index (Phi) is 4.84. The fourth-order valence-corrected chi connectivity index (χ4v) is 3.30. The molecule has 1 atom stereocenters. The van der Waals surface area contributed by atoms with E-state index in [1.165, 1.54) is 32.1 Å². The molecule has 1 aliphatic carbocycles. The predicted octanol–water partition coefficient (Wildman–Crippen LogP) is 2.33. The smallest absolute Gasteiger partial charge is 0.222 e. The van der Waals surface area contributed by atoms with Gasteiger partial charge in [0.25, 0.3) is 0 Å². The standard InChI is InChI=1S/C14H25NO2/c16-11-13-7-4-10-15(13)14(17)9-8-12-5-2-1-3-6-12/h12-13,16H,1-11H2. The number of hydrogen-bond donors (Lipinski definition) is 1. The molecule has 3 nitrogen and oxygen atoms in total. The second-order valence-electron chi connectivity index (χ2n) is 5.61. The number of likely N-dealkylation sites (tertiary alicyclic amines) is 1. The van der Waals surface area contributed by atoms with Crippen LogP contribution in [-0.2, 0) is 4.79 Å². The number of carbonyl (C=O) groups is 1. The zero-order chi connectivity index (χ0) is 12.1. The van der Waals surface area contributed by atoms with Gasteiger partial charge in [-0.2, -0.15) is 0 Å². The summed E-state index contributed by atoms with van der Waals surface area (Å²) >= 11 is 0. The largest absolute Gasteiger partial charge is 0.394 e. The van der Waals surface area contributed by atoms with Crippen molar-refractivity contribution in [1.82, 2.24) is 4.90 Å². The van der Waals surface area contributed by atoms with Crippen molar-refractivity contribution in [3.8, 4) is 0 Å². The van der Waals surface area contributed by atoms with E-state index in [2.05, 4.69) is 0 Å². The molecule has 0 aromatic carbocycles. The summed E-state index contributed by atoms with van der Waals surface area (Å²) in [6, 6.07) is 0.105. The molecule has 0 radical (unpaired) electrons. The van der Waals surface area contributed by atoms with Crippen LogP contribution in [0.25, 0.3) is 0 Å². The van der Waals surface area contributed by atoms with Gasteiger partial charge in [-0.1, -0.05) is 32.1 Å². The second kappa shape index (κ2) is 6.39. The summed E-state index contributed by atoms with van der Waals surface area (Å²) in [5, 5.41) is 9.21. The monoisotopic (exact) mass is 239 g/mol. The van der Waals surface area contributed by atoms with Gasteiger partial charge in [0.1, 0.15) is 0 Å². The van der Waals surface area contributed by atoms with Crippen LogP contribution in [0.5, 0.6) is 0 Å². The van der Waals surface area contributed by atoms with E-state index in [1.807, 2.05) is 4.90 Å². The number of aliphatic hydroxyl groups excluding tert-OH is 1. The number of aliphatic hydroxyl groups is 1. The van der Waals surface area contributed by atoms with Gasteiger partial charge in [0.2, 0.25) is 5.91 Å². The van der Waals surface area contributed by atoms with E-state index in [-0.39, 0.29) is 18.6 Å². The summed E-state index contributed by atoms with van der Waals surface area (Å²) in [5.74, 6) is 1.05. The Morgan fingerprint density at radius 1 is 1.12 bits per heavy atom. The molecule has 1 amide bonds. The quantitative estimate of drug-likeness (QED) is 0.818. The maximum Gasteiger partial charge on any atom is 0.222 e. The van der Waals surface area contributed by atoms with E-state index in [1.54, 1.807) is 0 Å². The van der Waals surface area contributed by atoms with Gasteiger partial charge in [-0.25, -0.2) is 0 Å². The van der Waals surface area contributed by atoms with Gasteiger partial charge >= 0.3 is 0 Å². The average Bonchev–Trinajstić information content (AvgIpc) is 2.85. The molecule has 2 aliphatic rings. The third kappa shape index (κ3) is 3.44. The molecule has 1 unspecified atom stereocenters. The van der Waals surface area contributed by atoms with Gasteiger partial charge in [0.05, 0.1) is 12.6 Å². The van der Waals surface area contributed by atoms with Crippen LogP contribution in [0.15, 0.2) is 0 Å². The predicted molar refractivity (Wildman–Crippen MR) is 67.6 cm³/mol. The van der Waals surface area contributed by atoms with Crippen LogP contribution in [0.2, 0.25) is 0 Å². The SMILES string of the molecule is O=C(CCC1CCCCC1)N1CCCC1CO. The minimum Gasteiger partial charge on any atom is -0.394 e. The summed E-state index contributed by atoms with van der Waals surface area (Å²) < 4.78 is 0. The van der Waals surface area contributed by atoms with Crippen LogP contribution in [0.1, 0.15) is 57.8 Å². The molecule has 2 fully saturated rings. The summed E-state index contributed by atoms with van der Waals surface area (Å²) in [6.07, 6.45) is 10.5. The Labute approximate surface area is 104 Å². The number of rotatable bonds is 4. The highest BCUT2D eigenvalue weighted by Crippen LogP contribution is 2.28. The van der Waals surface area contributed by atoms with E-state index in [9.17, 15) is 9.90 Å². The molecule has 1 saturated carbocycles. The first kappa shape index (κ1) is 12.9. The first-order chi connectivity index (χ1) is 8.31. The highest BCUT2D eigenvalue weighted by Gasteiger charge is 2.28. The van der Waals surface area contributed by atoms with Crippen LogP contribution < -0.4 is 0 Å². The molecule has 0 aromatic heterocycles.